The molecule has 9 heteroatoms. The van der Waals surface area contributed by atoms with Crippen molar-refractivity contribution in [2.75, 3.05) is 5.32 Å². The summed E-state index contributed by atoms with van der Waals surface area (Å²) in [4.78, 5) is 20.1. The van der Waals surface area contributed by atoms with Crippen LogP contribution in [0, 0.1) is 13.8 Å². The maximum Gasteiger partial charge on any atom is 0.416 e. The molecule has 0 bridgehead atoms. The van der Waals surface area contributed by atoms with Gasteiger partial charge in [-0.1, -0.05) is 12.1 Å². The minimum atomic E-state index is -4.44. The Labute approximate surface area is 179 Å². The molecule has 1 aliphatic carbocycles. The number of anilines is 1. The summed E-state index contributed by atoms with van der Waals surface area (Å²) in [5.74, 6) is -0.178. The molecule has 1 atom stereocenters. The van der Waals surface area contributed by atoms with Crippen LogP contribution in [0.2, 0.25) is 0 Å². The topological polar surface area (TPSA) is 87.1 Å². The molecule has 0 radical (unpaired) electrons. The van der Waals surface area contributed by atoms with Gasteiger partial charge in [0, 0.05) is 17.6 Å². The smallest absolute Gasteiger partial charge is 0.416 e. The molecule has 1 heterocycles. The van der Waals surface area contributed by atoms with E-state index in [0.717, 1.165) is 18.9 Å². The fourth-order valence-electron chi connectivity index (χ4n) is 3.63. The molecule has 3 rings (SSSR count). The molecule has 3 N–H and O–H groups in total. The van der Waals surface area contributed by atoms with Gasteiger partial charge in [0.25, 0.3) is 0 Å². The van der Waals surface area contributed by atoms with Crippen LogP contribution in [0.5, 0.6) is 0 Å². The van der Waals surface area contributed by atoms with E-state index in [9.17, 15) is 23.1 Å². The third-order valence-corrected chi connectivity index (χ3v) is 5.72. The number of aromatic nitrogens is 2. The van der Waals surface area contributed by atoms with E-state index in [1.165, 1.54) is 13.0 Å². The van der Waals surface area contributed by atoms with Crippen LogP contribution < -0.4 is 10.6 Å². The molecule has 168 valence electrons. The Morgan fingerprint density at radius 1 is 1.26 bits per heavy atom. The van der Waals surface area contributed by atoms with Crippen molar-refractivity contribution in [2.45, 2.75) is 71.3 Å². The first-order valence-corrected chi connectivity index (χ1v) is 10.2. The number of nitrogens with zero attached hydrogens (tertiary/aromatic N) is 2. The number of benzene rings is 1. The Balaban J connectivity index is 1.96. The van der Waals surface area contributed by atoms with Crippen LogP contribution in [0.25, 0.3) is 0 Å². The molecular formula is C22H27F3N4O2. The maximum absolute atomic E-state index is 13.3. The third kappa shape index (κ3) is 5.52. The lowest BCUT2D eigenvalue weighted by atomic mass is 9.97. The van der Waals surface area contributed by atoms with E-state index in [-0.39, 0.29) is 17.5 Å². The molecule has 1 saturated carbocycles. The summed E-state index contributed by atoms with van der Waals surface area (Å²) in [5, 5.41) is 15.9. The Morgan fingerprint density at radius 2 is 1.94 bits per heavy atom. The summed E-state index contributed by atoms with van der Waals surface area (Å²) >= 11 is 0. The zero-order valence-electron chi connectivity index (χ0n) is 18.0. The molecule has 1 aromatic carbocycles. The molecule has 1 aliphatic rings. The normalized spacial score (nSPS) is 16.1. The van der Waals surface area contributed by atoms with Crippen LogP contribution in [0.3, 0.4) is 0 Å². The number of hydrogen-bond acceptors (Lipinski definition) is 5. The van der Waals surface area contributed by atoms with E-state index >= 15 is 0 Å². The van der Waals surface area contributed by atoms with Crippen molar-refractivity contribution in [1.82, 2.24) is 15.3 Å². The average Bonchev–Trinajstić information content (AvgIpc) is 3.37. The molecule has 0 spiro atoms. The highest BCUT2D eigenvalue weighted by molar-refractivity contribution is 5.71. The second kappa shape index (κ2) is 8.45. The van der Waals surface area contributed by atoms with E-state index in [1.54, 1.807) is 19.9 Å². The van der Waals surface area contributed by atoms with Crippen molar-refractivity contribution >= 4 is 11.8 Å². The number of rotatable bonds is 8. The quantitative estimate of drug-likeness (QED) is 0.563. The number of nitrogens with one attached hydrogen (secondary N) is 2. The van der Waals surface area contributed by atoms with Crippen molar-refractivity contribution < 1.29 is 23.1 Å². The van der Waals surface area contributed by atoms with Crippen molar-refractivity contribution in [3.63, 3.8) is 0 Å². The number of carboxylic acid groups (broad SMARTS) is 1. The Bertz CT molecular complexity index is 987. The monoisotopic (exact) mass is 436 g/mol. The number of carbonyl (C=O) groups is 1. The molecule has 6 nitrogen and oxygen atoms in total. The molecule has 1 fully saturated rings. The second-order valence-corrected chi connectivity index (χ2v) is 8.41. The highest BCUT2D eigenvalue weighted by Crippen LogP contribution is 2.37. The van der Waals surface area contributed by atoms with Gasteiger partial charge in [0.05, 0.1) is 23.7 Å². The van der Waals surface area contributed by atoms with Crippen molar-refractivity contribution in [3.05, 3.63) is 52.0 Å². The van der Waals surface area contributed by atoms with Gasteiger partial charge >= 0.3 is 12.1 Å². The molecule has 0 saturated heterocycles. The van der Waals surface area contributed by atoms with E-state index in [0.29, 0.717) is 35.0 Å². The van der Waals surface area contributed by atoms with Crippen molar-refractivity contribution in [3.8, 4) is 0 Å². The largest absolute Gasteiger partial charge is 0.481 e. The maximum atomic E-state index is 13.3. The van der Waals surface area contributed by atoms with E-state index in [1.807, 2.05) is 0 Å². The highest BCUT2D eigenvalue weighted by atomic mass is 19.4. The number of carboxylic acids is 1. The Morgan fingerprint density at radius 3 is 2.52 bits per heavy atom. The van der Waals surface area contributed by atoms with Gasteiger partial charge in [-0.25, -0.2) is 9.97 Å². The number of halogens is 3. The van der Waals surface area contributed by atoms with Gasteiger partial charge in [0.15, 0.2) is 0 Å². The zero-order chi connectivity index (χ0) is 23.0. The SMILES string of the molecule is Cc1nc(CC(=O)O)c(CNC2(C)CC2)c(N[C@H](C)c2cccc(C(F)(F)F)c2C)n1. The van der Waals surface area contributed by atoms with Crippen LogP contribution in [-0.2, 0) is 23.9 Å². The molecule has 31 heavy (non-hydrogen) atoms. The van der Waals surface area contributed by atoms with Crippen LogP contribution in [0.15, 0.2) is 18.2 Å². The van der Waals surface area contributed by atoms with E-state index in [4.69, 9.17) is 0 Å². The van der Waals surface area contributed by atoms with Crippen molar-refractivity contribution in [1.29, 1.82) is 0 Å². The van der Waals surface area contributed by atoms with Crippen molar-refractivity contribution in [2.24, 2.45) is 0 Å². The lowest BCUT2D eigenvalue weighted by molar-refractivity contribution is -0.138. The predicted octanol–water partition coefficient (Wildman–Crippen LogP) is 4.55. The molecule has 0 amide bonds. The van der Waals surface area contributed by atoms with Gasteiger partial charge in [0.2, 0.25) is 0 Å². The van der Waals surface area contributed by atoms with E-state index in [2.05, 4.69) is 27.5 Å². The van der Waals surface area contributed by atoms with Gasteiger partial charge in [0.1, 0.15) is 11.6 Å². The minimum absolute atomic E-state index is 0.00585. The highest BCUT2D eigenvalue weighted by Gasteiger charge is 2.37. The lowest BCUT2D eigenvalue weighted by Gasteiger charge is -2.23. The first kappa shape index (κ1) is 23.0. The van der Waals surface area contributed by atoms with Gasteiger partial charge < -0.3 is 15.7 Å². The van der Waals surface area contributed by atoms with Gasteiger partial charge in [-0.3, -0.25) is 4.79 Å². The fraction of sp³-hybridized carbons (Fsp3) is 0.500. The first-order chi connectivity index (χ1) is 14.4. The number of aliphatic carboxylic acids is 1. The van der Waals surface area contributed by atoms with Gasteiger partial charge in [-0.2, -0.15) is 13.2 Å². The second-order valence-electron chi connectivity index (χ2n) is 8.41. The summed E-state index contributed by atoms with van der Waals surface area (Å²) in [6, 6.07) is 3.62. The number of aryl methyl sites for hydroxylation is 1. The molecular weight excluding hydrogens is 409 g/mol. The van der Waals surface area contributed by atoms with Crippen LogP contribution in [0.4, 0.5) is 19.0 Å². The summed E-state index contributed by atoms with van der Waals surface area (Å²) in [7, 11) is 0. The third-order valence-electron chi connectivity index (χ3n) is 5.72. The zero-order valence-corrected chi connectivity index (χ0v) is 18.0. The standard InChI is InChI=1S/C22H27F3N4O2/c1-12-15(6-5-7-17(12)22(23,24)25)13(2)27-20-16(11-26-21(4)8-9-21)18(10-19(30)31)28-14(3)29-20/h5-7,13,26H,8-11H2,1-4H3,(H,30,31)(H,27,28,29)/t13-/m1/s1. The molecule has 2 aromatic rings. The van der Waals surface area contributed by atoms with Crippen LogP contribution in [0.1, 0.15) is 66.5 Å². The molecule has 1 aromatic heterocycles. The lowest BCUT2D eigenvalue weighted by Crippen LogP contribution is -2.29. The number of alkyl halides is 3. The summed E-state index contributed by atoms with van der Waals surface area (Å²) < 4.78 is 40.0. The summed E-state index contributed by atoms with van der Waals surface area (Å²) in [6.07, 6.45) is -2.65. The van der Waals surface area contributed by atoms with Gasteiger partial charge in [-0.15, -0.1) is 0 Å². The van der Waals surface area contributed by atoms with Crippen LogP contribution in [-0.4, -0.2) is 26.6 Å². The number of hydrogen-bond donors (Lipinski definition) is 3. The Kier molecular flexibility index (Phi) is 6.27. The van der Waals surface area contributed by atoms with E-state index < -0.39 is 23.8 Å². The molecule has 0 aliphatic heterocycles. The average molecular weight is 436 g/mol. The Hall–Kier alpha value is -2.68. The first-order valence-electron chi connectivity index (χ1n) is 10.2. The minimum Gasteiger partial charge on any atom is -0.481 e. The van der Waals surface area contributed by atoms with Gasteiger partial charge in [-0.05, 0) is 57.7 Å². The molecule has 0 unspecified atom stereocenters. The predicted molar refractivity (Wildman–Crippen MR) is 111 cm³/mol. The summed E-state index contributed by atoms with van der Waals surface area (Å²) in [5.41, 5.74) is 0.999. The summed E-state index contributed by atoms with van der Waals surface area (Å²) in [6.45, 7) is 7.33. The fourth-order valence-corrected chi connectivity index (χ4v) is 3.63. The van der Waals surface area contributed by atoms with Crippen LogP contribution >= 0.6 is 0 Å².